The van der Waals surface area contributed by atoms with Crippen LogP contribution in [0.4, 0.5) is 0 Å². The third kappa shape index (κ3) is 36.7. The molecule has 0 aliphatic carbocycles. The number of hydrogen-bond acceptors (Lipinski definition) is 7. The van der Waals surface area contributed by atoms with Crippen molar-refractivity contribution in [3.63, 3.8) is 0 Å². The molecule has 0 amide bonds. The molecule has 0 radical (unpaired) electrons. The maximum atomic E-state index is 12.7. The van der Waals surface area contributed by atoms with Gasteiger partial charge in [-0.25, -0.2) is 0 Å². The van der Waals surface area contributed by atoms with Crippen molar-refractivity contribution < 1.29 is 38.2 Å². The van der Waals surface area contributed by atoms with Crippen LogP contribution in [0.5, 0.6) is 0 Å². The number of carbonyl (C=O) groups is 3. The van der Waals surface area contributed by atoms with E-state index < -0.39 is 18.1 Å². The van der Waals surface area contributed by atoms with Gasteiger partial charge in [0.15, 0.2) is 6.10 Å². The largest absolute Gasteiger partial charge is 0.544 e. The van der Waals surface area contributed by atoms with Crippen molar-refractivity contribution in [1.29, 1.82) is 0 Å². The van der Waals surface area contributed by atoms with Crippen molar-refractivity contribution in [2.45, 2.75) is 187 Å². The number of allylic oxidation sites excluding steroid dienone is 10. The molecule has 0 bridgehead atoms. The Hall–Kier alpha value is -2.97. The number of carboxylic acid groups (broad SMARTS) is 1. The molecule has 0 aromatic heterocycles. The van der Waals surface area contributed by atoms with E-state index in [2.05, 4.69) is 38.2 Å². The van der Waals surface area contributed by atoms with Gasteiger partial charge in [-0.2, -0.15) is 0 Å². The first kappa shape index (κ1) is 53.0. The third-order valence-electron chi connectivity index (χ3n) is 9.77. The first-order chi connectivity index (χ1) is 27.1. The summed E-state index contributed by atoms with van der Waals surface area (Å²) in [5, 5.41) is 11.6. The lowest BCUT2D eigenvalue weighted by molar-refractivity contribution is -0.889. The molecule has 0 heterocycles. The summed E-state index contributed by atoms with van der Waals surface area (Å²) >= 11 is 0. The molecule has 8 heteroatoms. The Kier molecular flexibility index (Phi) is 36.8. The molecule has 0 rings (SSSR count). The van der Waals surface area contributed by atoms with Crippen LogP contribution < -0.4 is 5.11 Å². The first-order valence-corrected chi connectivity index (χ1v) is 22.4. The monoisotopic (exact) mass is 786 g/mol. The van der Waals surface area contributed by atoms with Gasteiger partial charge in [0.1, 0.15) is 12.6 Å². The third-order valence-corrected chi connectivity index (χ3v) is 9.77. The zero-order valence-corrected chi connectivity index (χ0v) is 36.5. The van der Waals surface area contributed by atoms with Gasteiger partial charge < -0.3 is 28.6 Å². The van der Waals surface area contributed by atoms with Crippen LogP contribution in [0.15, 0.2) is 60.8 Å². The van der Waals surface area contributed by atoms with E-state index in [1.807, 2.05) is 36.5 Å². The Morgan fingerprint density at radius 1 is 0.536 bits per heavy atom. The summed E-state index contributed by atoms with van der Waals surface area (Å²) in [5.74, 6) is -1.77. The van der Waals surface area contributed by atoms with Gasteiger partial charge in [0.25, 0.3) is 0 Å². The van der Waals surface area contributed by atoms with Crippen LogP contribution in [-0.4, -0.2) is 75.5 Å². The van der Waals surface area contributed by atoms with E-state index in [1.165, 1.54) is 77.0 Å². The SMILES string of the molecule is CCC/C=C/C=C/C=C/C=C/C=C/CCCCCCCC(=O)OCC(COCCC(C(=O)[O-])[N+](C)(C)C)OC(=O)CCCCCCCCCCCCCCCC. The van der Waals surface area contributed by atoms with Crippen LogP contribution in [0, 0.1) is 0 Å². The van der Waals surface area contributed by atoms with Crippen molar-refractivity contribution >= 4 is 17.9 Å². The number of hydrogen-bond donors (Lipinski definition) is 0. The Balaban J connectivity index is 4.39. The van der Waals surface area contributed by atoms with E-state index in [0.29, 0.717) is 12.8 Å². The molecule has 0 aliphatic rings. The highest BCUT2D eigenvalue weighted by molar-refractivity contribution is 5.70. The Labute approximate surface area is 343 Å². The van der Waals surface area contributed by atoms with Crippen LogP contribution in [0.1, 0.15) is 174 Å². The summed E-state index contributed by atoms with van der Waals surface area (Å²) in [6.45, 7) is 4.55. The van der Waals surface area contributed by atoms with Crippen molar-refractivity contribution in [2.24, 2.45) is 0 Å². The van der Waals surface area contributed by atoms with E-state index in [9.17, 15) is 19.5 Å². The molecule has 0 N–H and O–H groups in total. The molecule has 0 saturated heterocycles. The fourth-order valence-electron chi connectivity index (χ4n) is 6.28. The van der Waals surface area contributed by atoms with Crippen LogP contribution in [0.2, 0.25) is 0 Å². The number of esters is 2. The van der Waals surface area contributed by atoms with Crippen LogP contribution in [-0.2, 0) is 28.6 Å². The summed E-state index contributed by atoms with van der Waals surface area (Å²) in [6, 6.07) is -0.730. The summed E-state index contributed by atoms with van der Waals surface area (Å²) in [7, 11) is 5.40. The number of quaternary nitrogens is 1. The molecule has 322 valence electrons. The number of unbranched alkanes of at least 4 members (excludes halogenated alkanes) is 19. The molecule has 0 aromatic carbocycles. The van der Waals surface area contributed by atoms with Crippen molar-refractivity contribution in [3.05, 3.63) is 60.8 Å². The number of likely N-dealkylation sites (N-methyl/N-ethyl adjacent to an activating group) is 1. The molecular formula is C48H83NO7. The maximum Gasteiger partial charge on any atom is 0.306 e. The zero-order chi connectivity index (χ0) is 41.4. The van der Waals surface area contributed by atoms with Gasteiger partial charge in [-0.1, -0.05) is 184 Å². The average molecular weight is 786 g/mol. The van der Waals surface area contributed by atoms with Crippen molar-refractivity contribution in [1.82, 2.24) is 0 Å². The molecular weight excluding hydrogens is 703 g/mol. The Bertz CT molecular complexity index is 1100. The van der Waals surface area contributed by atoms with Crippen LogP contribution in [0.3, 0.4) is 0 Å². The van der Waals surface area contributed by atoms with Crippen LogP contribution in [0.25, 0.3) is 0 Å². The summed E-state index contributed by atoms with van der Waals surface area (Å²) in [4.78, 5) is 36.9. The fraction of sp³-hybridized carbons (Fsp3) is 0.729. The number of carboxylic acids is 1. The van der Waals surface area contributed by atoms with Gasteiger partial charge >= 0.3 is 11.9 Å². The molecule has 2 unspecified atom stereocenters. The fourth-order valence-corrected chi connectivity index (χ4v) is 6.28. The van der Waals surface area contributed by atoms with E-state index in [1.54, 1.807) is 21.1 Å². The molecule has 0 aromatic rings. The predicted octanol–water partition coefficient (Wildman–Crippen LogP) is 10.9. The maximum absolute atomic E-state index is 12.7. The number of rotatable bonds is 39. The van der Waals surface area contributed by atoms with Gasteiger partial charge in [-0.15, -0.1) is 0 Å². The second-order valence-electron chi connectivity index (χ2n) is 16.1. The van der Waals surface area contributed by atoms with E-state index >= 15 is 0 Å². The van der Waals surface area contributed by atoms with Gasteiger partial charge in [0.2, 0.25) is 0 Å². The molecule has 2 atom stereocenters. The van der Waals surface area contributed by atoms with Crippen molar-refractivity contribution in [2.75, 3.05) is 41.0 Å². The van der Waals surface area contributed by atoms with Gasteiger partial charge in [0.05, 0.1) is 40.3 Å². The highest BCUT2D eigenvalue weighted by Crippen LogP contribution is 2.15. The summed E-state index contributed by atoms with van der Waals surface area (Å²) in [6.07, 6.45) is 46.6. The highest BCUT2D eigenvalue weighted by Gasteiger charge is 2.25. The van der Waals surface area contributed by atoms with Crippen molar-refractivity contribution in [3.8, 4) is 0 Å². The van der Waals surface area contributed by atoms with E-state index in [0.717, 1.165) is 64.2 Å². The second-order valence-corrected chi connectivity index (χ2v) is 16.1. The quantitative estimate of drug-likeness (QED) is 0.0265. The van der Waals surface area contributed by atoms with Gasteiger partial charge in [0, 0.05) is 19.3 Å². The molecule has 0 fully saturated rings. The first-order valence-electron chi connectivity index (χ1n) is 22.4. The van der Waals surface area contributed by atoms with E-state index in [4.69, 9.17) is 14.2 Å². The average Bonchev–Trinajstić information content (AvgIpc) is 3.15. The second kappa shape index (κ2) is 38.9. The molecule has 0 aliphatic heterocycles. The lowest BCUT2D eigenvalue weighted by Gasteiger charge is -2.34. The van der Waals surface area contributed by atoms with E-state index in [-0.39, 0.29) is 42.7 Å². The topological polar surface area (TPSA) is 102 Å². The smallest absolute Gasteiger partial charge is 0.306 e. The van der Waals surface area contributed by atoms with Crippen LogP contribution >= 0.6 is 0 Å². The Morgan fingerprint density at radius 3 is 1.46 bits per heavy atom. The highest BCUT2D eigenvalue weighted by atomic mass is 16.6. The number of nitrogens with zero attached hydrogens (tertiary/aromatic N) is 1. The zero-order valence-electron chi connectivity index (χ0n) is 36.5. The standard InChI is InChI=1S/C48H83NO7/c1-6-8-10-12-14-16-18-20-22-23-24-25-27-28-30-32-34-36-38-46(50)55-43-44(42-54-41-40-45(48(52)53)49(3,4)5)56-47(51)39-37-35-33-31-29-26-21-19-17-15-13-11-9-7-2/h10,12,14,16,18,20,22-25,44-45H,6-9,11,13,15,17,19,21,26-43H2,1-5H3/b12-10+,16-14+,20-18+,23-22+,25-24+. The lowest BCUT2D eigenvalue weighted by Crippen LogP contribution is -2.55. The molecule has 0 spiro atoms. The molecule has 0 saturated carbocycles. The molecule has 56 heavy (non-hydrogen) atoms. The number of ether oxygens (including phenoxy) is 3. The molecule has 8 nitrogen and oxygen atoms in total. The summed E-state index contributed by atoms with van der Waals surface area (Å²) in [5.41, 5.74) is 0. The van der Waals surface area contributed by atoms with Gasteiger partial charge in [-0.05, 0) is 32.1 Å². The predicted molar refractivity (Wildman–Crippen MR) is 231 cm³/mol. The lowest BCUT2D eigenvalue weighted by atomic mass is 10.0. The Morgan fingerprint density at radius 2 is 0.982 bits per heavy atom. The summed E-state index contributed by atoms with van der Waals surface area (Å²) < 4.78 is 17.2. The number of aliphatic carboxylic acids is 1. The number of carbonyl (C=O) groups excluding carboxylic acids is 3. The minimum Gasteiger partial charge on any atom is -0.544 e. The minimum absolute atomic E-state index is 0.0317. The van der Waals surface area contributed by atoms with Gasteiger partial charge in [-0.3, -0.25) is 9.59 Å². The minimum atomic E-state index is -1.13. The normalized spacial score (nSPS) is 13.5.